The summed E-state index contributed by atoms with van der Waals surface area (Å²) in [5, 5.41) is 2.48. The van der Waals surface area contributed by atoms with E-state index in [0.717, 1.165) is 47.7 Å². The molecule has 1 unspecified atom stereocenters. The second-order valence-electron chi connectivity index (χ2n) is 16.2. The number of allylic oxidation sites excluding steroid dienone is 2. The lowest BCUT2D eigenvalue weighted by Crippen LogP contribution is -2.29. The maximum absolute atomic E-state index is 2.44. The largest absolute Gasteiger partial charge is 0.311 e. The molecule has 0 saturated heterocycles. The quantitative estimate of drug-likeness (QED) is 0.143. The van der Waals surface area contributed by atoms with Crippen molar-refractivity contribution in [2.24, 2.45) is 0 Å². The predicted octanol–water partition coefficient (Wildman–Crippen LogP) is 15.1. The maximum Gasteiger partial charge on any atom is 0.0468 e. The van der Waals surface area contributed by atoms with Gasteiger partial charge >= 0.3 is 0 Å². The van der Waals surface area contributed by atoms with Gasteiger partial charge in [0.05, 0.1) is 0 Å². The third-order valence-electron chi connectivity index (χ3n) is 12.6. The summed E-state index contributed by atoms with van der Waals surface area (Å²) >= 11 is 0. The minimum atomic E-state index is -0.118. The summed E-state index contributed by atoms with van der Waals surface area (Å²) in [6.07, 6.45) is 7.83. The van der Waals surface area contributed by atoms with E-state index in [4.69, 9.17) is 0 Å². The maximum atomic E-state index is 2.44. The van der Waals surface area contributed by atoms with E-state index in [9.17, 15) is 0 Å². The molecule has 0 aliphatic heterocycles. The highest BCUT2D eigenvalue weighted by Crippen LogP contribution is 2.51. The van der Waals surface area contributed by atoms with Crippen molar-refractivity contribution in [1.29, 1.82) is 0 Å². The molecule has 0 heterocycles. The average molecular weight is 735 g/mol. The minimum absolute atomic E-state index is 0.0868. The van der Waals surface area contributed by atoms with E-state index in [2.05, 4.69) is 230 Å². The van der Waals surface area contributed by atoms with Gasteiger partial charge in [0.15, 0.2) is 0 Å². The molecule has 0 radical (unpaired) electrons. The molecule has 1 atom stereocenters. The second kappa shape index (κ2) is 14.1. The topological polar surface area (TPSA) is 6.48 Å². The number of hydrogen-bond acceptors (Lipinski definition) is 2. The zero-order valence-corrected chi connectivity index (χ0v) is 32.6. The number of hydrogen-bond donors (Lipinski definition) is 0. The normalized spacial score (nSPS) is 16.5. The van der Waals surface area contributed by atoms with Gasteiger partial charge in [-0.05, 0) is 136 Å². The first-order valence-corrected chi connectivity index (χ1v) is 20.3. The fourth-order valence-corrected chi connectivity index (χ4v) is 9.58. The first-order chi connectivity index (χ1) is 28.0. The van der Waals surface area contributed by atoms with Crippen molar-refractivity contribution in [3.05, 3.63) is 229 Å². The number of anilines is 6. The summed E-state index contributed by atoms with van der Waals surface area (Å²) in [6, 6.07) is 71.6. The van der Waals surface area contributed by atoms with Crippen molar-refractivity contribution in [3.63, 3.8) is 0 Å². The lowest BCUT2D eigenvalue weighted by atomic mass is 9.67. The van der Waals surface area contributed by atoms with Crippen molar-refractivity contribution in [2.75, 3.05) is 9.80 Å². The Balaban J connectivity index is 1.05. The van der Waals surface area contributed by atoms with Gasteiger partial charge in [-0.15, -0.1) is 0 Å². The van der Waals surface area contributed by atoms with E-state index in [-0.39, 0.29) is 10.8 Å². The molecule has 0 N–H and O–H groups in total. The molecule has 2 aliphatic carbocycles. The van der Waals surface area contributed by atoms with Crippen LogP contribution in [0.15, 0.2) is 206 Å². The Hall–Kier alpha value is -6.64. The molecule has 2 heteroatoms. The number of benzene rings is 8. The van der Waals surface area contributed by atoms with Gasteiger partial charge in [-0.1, -0.05) is 147 Å². The smallest absolute Gasteiger partial charge is 0.0468 e. The molecule has 0 aromatic heterocycles. The van der Waals surface area contributed by atoms with Crippen molar-refractivity contribution in [1.82, 2.24) is 0 Å². The van der Waals surface area contributed by atoms with Crippen LogP contribution in [0.1, 0.15) is 55.4 Å². The van der Waals surface area contributed by atoms with Gasteiger partial charge < -0.3 is 9.80 Å². The summed E-state index contributed by atoms with van der Waals surface area (Å²) in [5.41, 5.74) is 14.9. The van der Waals surface area contributed by atoms with Crippen LogP contribution < -0.4 is 9.80 Å². The third kappa shape index (κ3) is 6.04. The van der Waals surface area contributed by atoms with E-state index in [1.54, 1.807) is 0 Å². The van der Waals surface area contributed by atoms with Gasteiger partial charge in [-0.2, -0.15) is 0 Å². The van der Waals surface area contributed by atoms with Crippen LogP contribution in [0.3, 0.4) is 0 Å². The third-order valence-corrected chi connectivity index (χ3v) is 12.6. The van der Waals surface area contributed by atoms with Crippen LogP contribution >= 0.6 is 0 Å². The second-order valence-corrected chi connectivity index (χ2v) is 16.2. The highest BCUT2D eigenvalue weighted by Gasteiger charge is 2.37. The molecule has 0 amide bonds. The van der Waals surface area contributed by atoms with Crippen molar-refractivity contribution < 1.29 is 0 Å². The number of fused-ring (bicyclic) bond motifs is 4. The Kier molecular flexibility index (Phi) is 8.64. The average Bonchev–Trinajstić information content (AvgIpc) is 3.50. The Labute approximate surface area is 337 Å². The fourth-order valence-electron chi connectivity index (χ4n) is 9.58. The van der Waals surface area contributed by atoms with Crippen LogP contribution in [0.4, 0.5) is 34.1 Å². The SMILES string of the molecule is CC1(C)c2ccccc2-c2ccc(N(c3ccc(C4(c5ccc(N(c6ccccc6)c6ccccc6)cc5)CC=CCC4)cc3)c3ccc4ccccc4c3)cc21. The van der Waals surface area contributed by atoms with Gasteiger partial charge in [0.1, 0.15) is 0 Å². The Morgan fingerprint density at radius 2 is 0.877 bits per heavy atom. The first-order valence-electron chi connectivity index (χ1n) is 20.3. The monoisotopic (exact) mass is 734 g/mol. The Morgan fingerprint density at radius 1 is 0.386 bits per heavy atom. The summed E-state index contributed by atoms with van der Waals surface area (Å²) < 4.78 is 0. The number of nitrogens with zero attached hydrogens (tertiary/aromatic N) is 2. The molecule has 0 bridgehead atoms. The summed E-state index contributed by atoms with van der Waals surface area (Å²) in [4.78, 5) is 4.78. The summed E-state index contributed by atoms with van der Waals surface area (Å²) in [6.45, 7) is 4.73. The van der Waals surface area contributed by atoms with Gasteiger partial charge in [0.25, 0.3) is 0 Å². The molecule has 276 valence electrons. The molecule has 2 nitrogen and oxygen atoms in total. The first kappa shape index (κ1) is 34.8. The Morgan fingerprint density at radius 3 is 1.51 bits per heavy atom. The molecular weight excluding hydrogens is 689 g/mol. The van der Waals surface area contributed by atoms with Crippen LogP contribution in [0, 0.1) is 0 Å². The van der Waals surface area contributed by atoms with Crippen LogP contribution in [0.5, 0.6) is 0 Å². The standard InChI is InChI=1S/C55H46N2/c1-54(2)52-23-13-12-22-50(52)51-35-34-49(39-53(51)54)57(48-29-24-40-16-10-11-17-41(40)38-48)47-32-27-43(28-33-47)55(36-14-5-15-37-55)42-25-30-46(31-26-42)56(44-18-6-3-7-19-44)45-20-8-4-9-21-45/h3-14,16-35,38-39H,15,36-37H2,1-2H3. The number of para-hydroxylation sites is 2. The van der Waals surface area contributed by atoms with E-state index >= 15 is 0 Å². The van der Waals surface area contributed by atoms with Crippen molar-refractivity contribution >= 4 is 44.9 Å². The predicted molar refractivity (Wildman–Crippen MR) is 241 cm³/mol. The van der Waals surface area contributed by atoms with Crippen molar-refractivity contribution in [2.45, 2.75) is 43.9 Å². The van der Waals surface area contributed by atoms with Gasteiger partial charge in [0, 0.05) is 45.0 Å². The van der Waals surface area contributed by atoms with Crippen LogP contribution in [-0.4, -0.2) is 0 Å². The summed E-state index contributed by atoms with van der Waals surface area (Å²) in [5.74, 6) is 0. The number of rotatable bonds is 8. The van der Waals surface area contributed by atoms with Gasteiger partial charge in [-0.25, -0.2) is 0 Å². The Bertz CT molecular complexity index is 2690. The zero-order valence-electron chi connectivity index (χ0n) is 32.6. The molecule has 8 aromatic carbocycles. The molecule has 10 rings (SSSR count). The van der Waals surface area contributed by atoms with Gasteiger partial charge in [0.2, 0.25) is 0 Å². The molecule has 0 spiro atoms. The van der Waals surface area contributed by atoms with E-state index in [1.807, 2.05) is 0 Å². The molecule has 57 heavy (non-hydrogen) atoms. The van der Waals surface area contributed by atoms with Crippen molar-refractivity contribution in [3.8, 4) is 11.1 Å². The van der Waals surface area contributed by atoms with E-state index in [0.29, 0.717) is 0 Å². The minimum Gasteiger partial charge on any atom is -0.311 e. The van der Waals surface area contributed by atoms with E-state index < -0.39 is 0 Å². The van der Waals surface area contributed by atoms with Crippen LogP contribution in [-0.2, 0) is 10.8 Å². The highest BCUT2D eigenvalue weighted by molar-refractivity contribution is 5.91. The lowest BCUT2D eigenvalue weighted by Gasteiger charge is -2.37. The molecular formula is C55H46N2. The molecule has 0 saturated carbocycles. The van der Waals surface area contributed by atoms with E-state index in [1.165, 1.54) is 49.8 Å². The van der Waals surface area contributed by atoms with Crippen LogP contribution in [0.2, 0.25) is 0 Å². The lowest BCUT2D eigenvalue weighted by molar-refractivity contribution is 0.465. The summed E-state index contributed by atoms with van der Waals surface area (Å²) in [7, 11) is 0. The molecule has 8 aromatic rings. The zero-order chi connectivity index (χ0) is 38.4. The fraction of sp³-hybridized carbons (Fsp3) is 0.127. The van der Waals surface area contributed by atoms with Crippen LogP contribution in [0.25, 0.3) is 21.9 Å². The highest BCUT2D eigenvalue weighted by atomic mass is 15.1. The van der Waals surface area contributed by atoms with Gasteiger partial charge in [-0.3, -0.25) is 0 Å². The molecule has 2 aliphatic rings. The molecule has 0 fully saturated rings.